The summed E-state index contributed by atoms with van der Waals surface area (Å²) in [5.74, 6) is 0.994. The standard InChI is InChI=1S/C12H18ClNO2S/c1-2-16-12(7-14)9-17(15)8-10-3-5-11(13)6-4-10/h3-6,12H,2,7-9,14H2,1H3. The van der Waals surface area contributed by atoms with Crippen LogP contribution in [0.2, 0.25) is 5.02 Å². The summed E-state index contributed by atoms with van der Waals surface area (Å²) in [5, 5.41) is 0.689. The summed E-state index contributed by atoms with van der Waals surface area (Å²) < 4.78 is 17.3. The third-order valence-electron chi connectivity index (χ3n) is 2.28. The Morgan fingerprint density at radius 2 is 2.06 bits per heavy atom. The summed E-state index contributed by atoms with van der Waals surface area (Å²) in [7, 11) is -0.957. The molecule has 0 aliphatic heterocycles. The second-order valence-corrected chi connectivity index (χ2v) is 5.63. The lowest BCUT2D eigenvalue weighted by molar-refractivity contribution is 0.0852. The van der Waals surface area contributed by atoms with Crippen LogP contribution in [0.3, 0.4) is 0 Å². The lowest BCUT2D eigenvalue weighted by atomic mass is 10.2. The first-order valence-corrected chi connectivity index (χ1v) is 7.43. The molecule has 0 bridgehead atoms. The maximum absolute atomic E-state index is 11.9. The van der Waals surface area contributed by atoms with Crippen LogP contribution in [-0.4, -0.2) is 29.2 Å². The highest BCUT2D eigenvalue weighted by Crippen LogP contribution is 2.11. The van der Waals surface area contributed by atoms with Gasteiger partial charge in [-0.1, -0.05) is 23.7 Å². The average Bonchev–Trinajstić information content (AvgIpc) is 2.31. The van der Waals surface area contributed by atoms with E-state index in [9.17, 15) is 4.21 Å². The highest BCUT2D eigenvalue weighted by atomic mass is 35.5. The predicted molar refractivity (Wildman–Crippen MR) is 72.6 cm³/mol. The SMILES string of the molecule is CCOC(CN)CS(=O)Cc1ccc(Cl)cc1. The highest BCUT2D eigenvalue weighted by Gasteiger charge is 2.11. The van der Waals surface area contributed by atoms with Crippen LogP contribution in [0.5, 0.6) is 0 Å². The zero-order chi connectivity index (χ0) is 12.7. The van der Waals surface area contributed by atoms with Crippen LogP contribution < -0.4 is 5.73 Å². The van der Waals surface area contributed by atoms with Gasteiger partial charge in [-0.25, -0.2) is 0 Å². The second kappa shape index (κ2) is 7.82. The number of nitrogens with two attached hydrogens (primary N) is 1. The van der Waals surface area contributed by atoms with Gasteiger partial charge in [0.2, 0.25) is 0 Å². The molecule has 1 rings (SSSR count). The summed E-state index contributed by atoms with van der Waals surface area (Å²) in [6.07, 6.45) is -0.117. The van der Waals surface area contributed by atoms with Gasteiger partial charge < -0.3 is 10.5 Å². The molecule has 2 N–H and O–H groups in total. The smallest absolute Gasteiger partial charge is 0.0812 e. The molecule has 0 aliphatic rings. The summed E-state index contributed by atoms with van der Waals surface area (Å²) >= 11 is 5.78. The van der Waals surface area contributed by atoms with Crippen LogP contribution in [0.4, 0.5) is 0 Å². The van der Waals surface area contributed by atoms with Crippen LogP contribution in [0.15, 0.2) is 24.3 Å². The first-order valence-electron chi connectivity index (χ1n) is 5.56. The molecule has 1 aromatic carbocycles. The minimum atomic E-state index is -0.957. The number of ether oxygens (including phenoxy) is 1. The summed E-state index contributed by atoms with van der Waals surface area (Å²) in [5.41, 5.74) is 6.56. The zero-order valence-electron chi connectivity index (χ0n) is 9.90. The molecule has 2 atom stereocenters. The molecule has 2 unspecified atom stereocenters. The van der Waals surface area contributed by atoms with Gasteiger partial charge >= 0.3 is 0 Å². The minimum absolute atomic E-state index is 0.117. The van der Waals surface area contributed by atoms with Gasteiger partial charge in [0, 0.05) is 34.7 Å². The van der Waals surface area contributed by atoms with Crippen LogP contribution in [0.25, 0.3) is 0 Å². The van der Waals surface area contributed by atoms with Crippen molar-refractivity contribution < 1.29 is 8.95 Å². The minimum Gasteiger partial charge on any atom is -0.376 e. The number of benzene rings is 1. The van der Waals surface area contributed by atoms with Crippen LogP contribution in [0.1, 0.15) is 12.5 Å². The lowest BCUT2D eigenvalue weighted by Gasteiger charge is -2.14. The largest absolute Gasteiger partial charge is 0.376 e. The predicted octanol–water partition coefficient (Wildman–Crippen LogP) is 1.95. The van der Waals surface area contributed by atoms with E-state index < -0.39 is 10.8 Å². The van der Waals surface area contributed by atoms with Gasteiger partial charge in [-0.15, -0.1) is 0 Å². The first kappa shape index (κ1) is 14.6. The molecular formula is C12H18ClNO2S. The van der Waals surface area contributed by atoms with Crippen molar-refractivity contribution in [3.05, 3.63) is 34.9 Å². The maximum atomic E-state index is 11.9. The molecule has 0 spiro atoms. The van der Waals surface area contributed by atoms with Gasteiger partial charge in [-0.2, -0.15) is 0 Å². The molecule has 1 aromatic rings. The average molecular weight is 276 g/mol. The topological polar surface area (TPSA) is 52.3 Å². The molecule has 0 aliphatic carbocycles. The summed E-state index contributed by atoms with van der Waals surface area (Å²) in [4.78, 5) is 0. The van der Waals surface area contributed by atoms with Crippen molar-refractivity contribution in [3.63, 3.8) is 0 Å². The Morgan fingerprint density at radius 1 is 1.41 bits per heavy atom. The zero-order valence-corrected chi connectivity index (χ0v) is 11.5. The molecule has 0 amide bonds. The Morgan fingerprint density at radius 3 is 2.59 bits per heavy atom. The Hall–Kier alpha value is -0.420. The van der Waals surface area contributed by atoms with Gasteiger partial charge in [-0.05, 0) is 24.6 Å². The van der Waals surface area contributed by atoms with Gasteiger partial charge in [0.15, 0.2) is 0 Å². The third kappa shape index (κ3) is 5.64. The van der Waals surface area contributed by atoms with E-state index in [1.807, 2.05) is 19.1 Å². The number of halogens is 1. The molecule has 5 heteroatoms. The van der Waals surface area contributed by atoms with Crippen molar-refractivity contribution in [2.75, 3.05) is 18.9 Å². The molecule has 17 heavy (non-hydrogen) atoms. The molecule has 0 aromatic heterocycles. The summed E-state index contributed by atoms with van der Waals surface area (Å²) in [6, 6.07) is 7.38. The van der Waals surface area contributed by atoms with E-state index >= 15 is 0 Å². The highest BCUT2D eigenvalue weighted by molar-refractivity contribution is 7.84. The van der Waals surface area contributed by atoms with Crippen LogP contribution in [0, 0.1) is 0 Å². The van der Waals surface area contributed by atoms with E-state index in [1.54, 1.807) is 12.1 Å². The molecule has 3 nitrogen and oxygen atoms in total. The monoisotopic (exact) mass is 275 g/mol. The Labute approximate surface area is 110 Å². The first-order chi connectivity index (χ1) is 8.15. The van der Waals surface area contributed by atoms with Crippen molar-refractivity contribution in [3.8, 4) is 0 Å². The van der Waals surface area contributed by atoms with E-state index in [-0.39, 0.29) is 6.10 Å². The van der Waals surface area contributed by atoms with E-state index in [0.29, 0.717) is 29.7 Å². The fourth-order valence-corrected chi connectivity index (χ4v) is 2.91. The molecule has 0 saturated heterocycles. The van der Waals surface area contributed by atoms with E-state index in [1.165, 1.54) is 0 Å². The fourth-order valence-electron chi connectivity index (χ4n) is 1.45. The van der Waals surface area contributed by atoms with Crippen molar-refractivity contribution in [2.45, 2.75) is 18.8 Å². The molecule has 0 saturated carbocycles. The fraction of sp³-hybridized carbons (Fsp3) is 0.500. The Kier molecular flexibility index (Phi) is 6.73. The van der Waals surface area contributed by atoms with Gasteiger partial charge in [0.25, 0.3) is 0 Å². The van der Waals surface area contributed by atoms with Crippen molar-refractivity contribution >= 4 is 22.4 Å². The van der Waals surface area contributed by atoms with Crippen LogP contribution in [-0.2, 0) is 21.3 Å². The van der Waals surface area contributed by atoms with Gasteiger partial charge in [-0.3, -0.25) is 4.21 Å². The van der Waals surface area contributed by atoms with Gasteiger partial charge in [0.05, 0.1) is 11.9 Å². The Bertz CT molecular complexity index is 356. The third-order valence-corrected chi connectivity index (χ3v) is 3.93. The van der Waals surface area contributed by atoms with Crippen LogP contribution >= 0.6 is 11.6 Å². The van der Waals surface area contributed by atoms with Crippen molar-refractivity contribution in [1.29, 1.82) is 0 Å². The number of hydrogen-bond acceptors (Lipinski definition) is 3. The molecular weight excluding hydrogens is 258 g/mol. The normalized spacial score (nSPS) is 14.5. The van der Waals surface area contributed by atoms with Gasteiger partial charge in [0.1, 0.15) is 0 Å². The quantitative estimate of drug-likeness (QED) is 0.828. The number of hydrogen-bond donors (Lipinski definition) is 1. The maximum Gasteiger partial charge on any atom is 0.0812 e. The molecule has 0 fully saturated rings. The van der Waals surface area contributed by atoms with E-state index in [4.69, 9.17) is 22.1 Å². The molecule has 96 valence electrons. The number of rotatable bonds is 7. The second-order valence-electron chi connectivity index (χ2n) is 3.69. The summed E-state index contributed by atoms with van der Waals surface area (Å²) in [6.45, 7) is 2.91. The van der Waals surface area contributed by atoms with Crippen molar-refractivity contribution in [2.24, 2.45) is 5.73 Å². The van der Waals surface area contributed by atoms with Crippen molar-refractivity contribution in [1.82, 2.24) is 0 Å². The van der Waals surface area contributed by atoms with E-state index in [2.05, 4.69) is 0 Å². The lowest BCUT2D eigenvalue weighted by Crippen LogP contribution is -2.29. The molecule has 0 heterocycles. The molecule has 0 radical (unpaired) electrons. The Balaban J connectivity index is 2.46. The van der Waals surface area contributed by atoms with E-state index in [0.717, 1.165) is 5.56 Å².